The second-order valence-electron chi connectivity index (χ2n) is 6.17. The molecule has 0 aromatic heterocycles. The van der Waals surface area contributed by atoms with Crippen LogP contribution in [0, 0.1) is 0 Å². The molecule has 128 valence electrons. The van der Waals surface area contributed by atoms with Gasteiger partial charge in [-0.05, 0) is 67.2 Å². The third-order valence-electron chi connectivity index (χ3n) is 4.31. The van der Waals surface area contributed by atoms with Crippen LogP contribution >= 0.6 is 15.9 Å². The lowest BCUT2D eigenvalue weighted by Crippen LogP contribution is -2.23. The first kappa shape index (κ1) is 17.6. The largest absolute Gasteiger partial charge is 0.451 e. The number of benzene rings is 2. The van der Waals surface area contributed by atoms with E-state index in [0.29, 0.717) is 5.56 Å². The number of halogens is 1. The lowest BCUT2D eigenvalue weighted by Gasteiger charge is -2.12. The number of ether oxygens (including phenoxy) is 1. The number of hydrogen-bond donors (Lipinski definition) is 0. The molecule has 3 rings (SSSR count). The molecule has 0 radical (unpaired) electrons. The Bertz CT molecular complexity index is 839. The Kier molecular flexibility index (Phi) is 5.49. The molecule has 0 unspecified atom stereocenters. The van der Waals surface area contributed by atoms with Crippen molar-refractivity contribution in [2.45, 2.75) is 32.3 Å². The van der Waals surface area contributed by atoms with Crippen molar-refractivity contribution < 1.29 is 14.3 Å². The smallest absolute Gasteiger partial charge is 0.331 e. The van der Waals surface area contributed by atoms with Gasteiger partial charge in [0, 0.05) is 16.1 Å². The Morgan fingerprint density at radius 3 is 2.72 bits per heavy atom. The second-order valence-corrected chi connectivity index (χ2v) is 7.08. The van der Waals surface area contributed by atoms with Crippen LogP contribution < -0.4 is 0 Å². The zero-order valence-electron chi connectivity index (χ0n) is 14.0. The van der Waals surface area contributed by atoms with Crippen LogP contribution in [0.2, 0.25) is 0 Å². The monoisotopic (exact) mass is 398 g/mol. The maximum absolute atomic E-state index is 12.5. The summed E-state index contributed by atoms with van der Waals surface area (Å²) < 4.78 is 6.18. The molecule has 4 heteroatoms. The minimum atomic E-state index is -0.806. The summed E-state index contributed by atoms with van der Waals surface area (Å²) in [5, 5.41) is 0. The van der Waals surface area contributed by atoms with Gasteiger partial charge in [-0.1, -0.05) is 40.2 Å². The van der Waals surface area contributed by atoms with Crippen molar-refractivity contribution in [1.29, 1.82) is 0 Å². The molecule has 1 aliphatic carbocycles. The average molecular weight is 399 g/mol. The van der Waals surface area contributed by atoms with E-state index in [1.54, 1.807) is 13.0 Å². The molecule has 25 heavy (non-hydrogen) atoms. The Morgan fingerprint density at radius 1 is 1.12 bits per heavy atom. The number of rotatable bonds is 5. The Labute approximate surface area is 155 Å². The Morgan fingerprint density at radius 2 is 1.92 bits per heavy atom. The Balaban J connectivity index is 1.62. The van der Waals surface area contributed by atoms with E-state index in [4.69, 9.17) is 4.74 Å². The summed E-state index contributed by atoms with van der Waals surface area (Å²) in [5.41, 5.74) is 4.04. The molecular formula is C21H19BrO3. The minimum Gasteiger partial charge on any atom is -0.451 e. The van der Waals surface area contributed by atoms with Crippen molar-refractivity contribution in [1.82, 2.24) is 0 Å². The molecule has 0 N–H and O–H groups in total. The number of carbonyl (C=O) groups is 2. The van der Waals surface area contributed by atoms with E-state index < -0.39 is 12.1 Å². The van der Waals surface area contributed by atoms with Gasteiger partial charge < -0.3 is 4.74 Å². The number of ketones is 1. The molecule has 0 saturated heterocycles. The number of carbonyl (C=O) groups excluding carboxylic acids is 2. The highest BCUT2D eigenvalue weighted by Crippen LogP contribution is 2.23. The van der Waals surface area contributed by atoms with Gasteiger partial charge in [-0.2, -0.15) is 0 Å². The normalized spacial score (nSPS) is 14.3. The summed E-state index contributed by atoms with van der Waals surface area (Å²) in [5.74, 6) is -0.694. The number of fused-ring (bicyclic) bond motifs is 1. The third kappa shape index (κ3) is 4.45. The van der Waals surface area contributed by atoms with Crippen molar-refractivity contribution in [3.05, 3.63) is 75.3 Å². The highest BCUT2D eigenvalue weighted by molar-refractivity contribution is 9.10. The third-order valence-corrected chi connectivity index (χ3v) is 4.80. The Hall–Kier alpha value is -2.20. The minimum absolute atomic E-state index is 0.168. The fourth-order valence-electron chi connectivity index (χ4n) is 3.00. The summed E-state index contributed by atoms with van der Waals surface area (Å²) >= 11 is 3.38. The lowest BCUT2D eigenvalue weighted by atomic mass is 10.0. The maximum atomic E-state index is 12.5. The van der Waals surface area contributed by atoms with Crippen LogP contribution in [-0.4, -0.2) is 17.9 Å². The molecule has 0 amide bonds. The molecule has 0 heterocycles. The van der Waals surface area contributed by atoms with Crippen molar-refractivity contribution in [3.63, 3.8) is 0 Å². The first-order chi connectivity index (χ1) is 12.0. The number of Topliss-reactive ketones (excluding diaryl/α,β-unsaturated/α-hetero) is 1. The van der Waals surface area contributed by atoms with Crippen LogP contribution in [0.25, 0.3) is 6.08 Å². The van der Waals surface area contributed by atoms with Crippen LogP contribution in [0.15, 0.2) is 53.0 Å². The first-order valence-electron chi connectivity index (χ1n) is 8.33. The van der Waals surface area contributed by atoms with Crippen molar-refractivity contribution in [2.24, 2.45) is 0 Å². The molecule has 0 aliphatic heterocycles. The quantitative estimate of drug-likeness (QED) is 0.414. The maximum Gasteiger partial charge on any atom is 0.331 e. The van der Waals surface area contributed by atoms with Gasteiger partial charge in [0.15, 0.2) is 6.10 Å². The highest BCUT2D eigenvalue weighted by Gasteiger charge is 2.20. The van der Waals surface area contributed by atoms with Crippen molar-refractivity contribution in [2.75, 3.05) is 0 Å². The first-order valence-corrected chi connectivity index (χ1v) is 9.12. The molecule has 2 aromatic carbocycles. The van der Waals surface area contributed by atoms with E-state index in [2.05, 4.69) is 15.9 Å². The zero-order chi connectivity index (χ0) is 17.8. The van der Waals surface area contributed by atoms with Crippen LogP contribution in [0.5, 0.6) is 0 Å². The summed E-state index contributed by atoms with van der Waals surface area (Å²) in [6.45, 7) is 1.61. The number of esters is 1. The molecule has 3 nitrogen and oxygen atoms in total. The second kappa shape index (κ2) is 7.79. The fourth-order valence-corrected chi connectivity index (χ4v) is 3.42. The molecule has 2 aromatic rings. The average Bonchev–Trinajstić information content (AvgIpc) is 3.07. The van der Waals surface area contributed by atoms with Gasteiger partial charge in [-0.15, -0.1) is 0 Å². The molecule has 0 spiro atoms. The summed E-state index contributed by atoms with van der Waals surface area (Å²) in [7, 11) is 0. The zero-order valence-corrected chi connectivity index (χ0v) is 15.6. The van der Waals surface area contributed by atoms with E-state index in [1.165, 1.54) is 17.2 Å². The summed E-state index contributed by atoms with van der Waals surface area (Å²) in [6, 6.07) is 13.3. The SMILES string of the molecule is C[C@@H](OC(=O)/C=C/c1cccc(Br)c1)C(=O)c1ccc2c(c1)CCC2. The van der Waals surface area contributed by atoms with Gasteiger partial charge in [0.05, 0.1) is 0 Å². The summed E-state index contributed by atoms with van der Waals surface area (Å²) in [4.78, 5) is 24.5. The number of aryl methyl sites for hydroxylation is 2. The van der Waals surface area contributed by atoms with Gasteiger partial charge in [0.2, 0.25) is 5.78 Å². The van der Waals surface area contributed by atoms with E-state index >= 15 is 0 Å². The van der Waals surface area contributed by atoms with Gasteiger partial charge in [0.1, 0.15) is 0 Å². The van der Waals surface area contributed by atoms with E-state index in [9.17, 15) is 9.59 Å². The van der Waals surface area contributed by atoms with Crippen molar-refractivity contribution >= 4 is 33.8 Å². The molecule has 0 bridgehead atoms. The predicted molar refractivity (Wildman–Crippen MR) is 102 cm³/mol. The molecule has 0 saturated carbocycles. The predicted octanol–water partition coefficient (Wildman–Crippen LogP) is 4.77. The fraction of sp³-hybridized carbons (Fsp3) is 0.238. The van der Waals surface area contributed by atoms with Gasteiger partial charge in [-0.3, -0.25) is 4.79 Å². The topological polar surface area (TPSA) is 43.4 Å². The van der Waals surface area contributed by atoms with Gasteiger partial charge in [0.25, 0.3) is 0 Å². The van der Waals surface area contributed by atoms with Gasteiger partial charge in [-0.25, -0.2) is 4.79 Å². The van der Waals surface area contributed by atoms with Gasteiger partial charge >= 0.3 is 5.97 Å². The van der Waals surface area contributed by atoms with Crippen LogP contribution in [-0.2, 0) is 22.4 Å². The van der Waals surface area contributed by atoms with Crippen molar-refractivity contribution in [3.8, 4) is 0 Å². The van der Waals surface area contributed by atoms with E-state index in [0.717, 1.165) is 29.3 Å². The lowest BCUT2D eigenvalue weighted by molar-refractivity contribution is -0.140. The van der Waals surface area contributed by atoms with Crippen LogP contribution in [0.1, 0.15) is 40.4 Å². The van der Waals surface area contributed by atoms with E-state index in [1.807, 2.05) is 42.5 Å². The highest BCUT2D eigenvalue weighted by atomic mass is 79.9. The standard InChI is InChI=1S/C21H19BrO3/c1-14(21(24)18-10-9-16-5-3-6-17(16)13-18)25-20(23)11-8-15-4-2-7-19(22)12-15/h2,4,7-14H,3,5-6H2,1H3/b11-8+/t14-/m1/s1. The molecular weight excluding hydrogens is 380 g/mol. The molecule has 0 fully saturated rings. The van der Waals surface area contributed by atoms with Crippen LogP contribution in [0.3, 0.4) is 0 Å². The van der Waals surface area contributed by atoms with E-state index in [-0.39, 0.29) is 5.78 Å². The molecule has 1 atom stereocenters. The molecule has 1 aliphatic rings. The number of hydrogen-bond acceptors (Lipinski definition) is 3. The van der Waals surface area contributed by atoms with Crippen LogP contribution in [0.4, 0.5) is 0 Å². The summed E-state index contributed by atoms with van der Waals surface area (Å²) in [6.07, 6.45) is 5.43.